The minimum absolute atomic E-state index is 0.0230. The number of carbonyl (C=O) groups is 2. The highest BCUT2D eigenvalue weighted by Gasteiger charge is 2.41. The van der Waals surface area contributed by atoms with Crippen molar-refractivity contribution in [3.63, 3.8) is 0 Å². The van der Waals surface area contributed by atoms with Crippen LogP contribution in [0.2, 0.25) is 0 Å². The normalized spacial score (nSPS) is 21.5. The van der Waals surface area contributed by atoms with Crippen LogP contribution in [0.1, 0.15) is 38.4 Å². The van der Waals surface area contributed by atoms with Gasteiger partial charge in [-0.15, -0.1) is 0 Å². The molecule has 114 valence electrons. The third-order valence-electron chi connectivity index (χ3n) is 3.57. The molecule has 5 heteroatoms. The van der Waals surface area contributed by atoms with Gasteiger partial charge in [-0.05, 0) is 37.0 Å². The van der Waals surface area contributed by atoms with E-state index in [0.29, 0.717) is 12.5 Å². The molecular weight excluding hydrogens is 336 g/mol. The Morgan fingerprint density at radius 1 is 1.33 bits per heavy atom. The maximum atomic E-state index is 12.0. The van der Waals surface area contributed by atoms with Crippen molar-refractivity contribution in [2.24, 2.45) is 11.8 Å². The summed E-state index contributed by atoms with van der Waals surface area (Å²) < 4.78 is 11.4. The van der Waals surface area contributed by atoms with Crippen LogP contribution in [0.4, 0.5) is 0 Å². The van der Waals surface area contributed by atoms with E-state index in [-0.39, 0.29) is 24.3 Å². The van der Waals surface area contributed by atoms with Crippen LogP contribution < -0.4 is 0 Å². The van der Waals surface area contributed by atoms with Crippen molar-refractivity contribution in [3.05, 3.63) is 34.3 Å². The average molecular weight is 355 g/mol. The molecule has 4 nitrogen and oxygen atoms in total. The van der Waals surface area contributed by atoms with Crippen LogP contribution in [0.5, 0.6) is 0 Å². The Balaban J connectivity index is 2.07. The molecule has 0 amide bonds. The predicted molar refractivity (Wildman–Crippen MR) is 81.5 cm³/mol. The summed E-state index contributed by atoms with van der Waals surface area (Å²) in [6, 6.07) is 7.41. The molecule has 1 aliphatic carbocycles. The van der Waals surface area contributed by atoms with Gasteiger partial charge >= 0.3 is 11.9 Å². The van der Waals surface area contributed by atoms with Crippen molar-refractivity contribution < 1.29 is 19.1 Å². The summed E-state index contributed by atoms with van der Waals surface area (Å²) in [4.78, 5) is 23.7. The minimum atomic E-state index is -0.586. The van der Waals surface area contributed by atoms with Crippen molar-refractivity contribution in [1.82, 2.24) is 0 Å². The SMILES string of the molecule is CCOC(=O)C[C@H](OC(=O)[C@H]1C[C@@H]1C)c1ccc(Br)cc1. The summed E-state index contributed by atoms with van der Waals surface area (Å²) >= 11 is 3.36. The lowest BCUT2D eigenvalue weighted by atomic mass is 10.1. The fraction of sp³-hybridized carbons (Fsp3) is 0.500. The van der Waals surface area contributed by atoms with E-state index in [1.165, 1.54) is 0 Å². The zero-order chi connectivity index (χ0) is 15.4. The molecule has 0 saturated heterocycles. The maximum Gasteiger partial charge on any atom is 0.309 e. The fourth-order valence-corrected chi connectivity index (χ4v) is 2.42. The van der Waals surface area contributed by atoms with Gasteiger partial charge in [0.1, 0.15) is 6.10 Å². The Bertz CT molecular complexity index is 512. The van der Waals surface area contributed by atoms with Gasteiger partial charge in [0.2, 0.25) is 0 Å². The topological polar surface area (TPSA) is 52.6 Å². The van der Waals surface area contributed by atoms with E-state index in [1.54, 1.807) is 6.92 Å². The van der Waals surface area contributed by atoms with Crippen molar-refractivity contribution in [2.75, 3.05) is 6.61 Å². The Morgan fingerprint density at radius 3 is 2.48 bits per heavy atom. The number of hydrogen-bond acceptors (Lipinski definition) is 4. The first kappa shape index (κ1) is 16.0. The molecule has 3 atom stereocenters. The summed E-state index contributed by atoms with van der Waals surface area (Å²) in [7, 11) is 0. The van der Waals surface area contributed by atoms with E-state index in [9.17, 15) is 9.59 Å². The highest BCUT2D eigenvalue weighted by molar-refractivity contribution is 9.10. The van der Waals surface area contributed by atoms with E-state index in [4.69, 9.17) is 9.47 Å². The standard InChI is InChI=1S/C16H19BrO4/c1-3-20-15(18)9-14(11-4-6-12(17)7-5-11)21-16(19)13-8-10(13)2/h4-7,10,13-14H,3,8-9H2,1-2H3/t10-,13-,14-/m0/s1. The maximum absolute atomic E-state index is 12.0. The van der Waals surface area contributed by atoms with E-state index >= 15 is 0 Å². The van der Waals surface area contributed by atoms with E-state index in [2.05, 4.69) is 15.9 Å². The van der Waals surface area contributed by atoms with Crippen LogP contribution in [0.3, 0.4) is 0 Å². The summed E-state index contributed by atoms with van der Waals surface area (Å²) in [6.07, 6.45) is 0.325. The van der Waals surface area contributed by atoms with Crippen molar-refractivity contribution in [2.45, 2.75) is 32.8 Å². The predicted octanol–water partition coefficient (Wildman–Crippen LogP) is 3.64. The van der Waals surface area contributed by atoms with Crippen molar-refractivity contribution in [3.8, 4) is 0 Å². The van der Waals surface area contributed by atoms with Crippen molar-refractivity contribution in [1.29, 1.82) is 0 Å². The van der Waals surface area contributed by atoms with Crippen LogP contribution >= 0.6 is 15.9 Å². The second kappa shape index (κ2) is 7.07. The smallest absolute Gasteiger partial charge is 0.309 e. The van der Waals surface area contributed by atoms with Gasteiger partial charge in [0.05, 0.1) is 18.9 Å². The first-order chi connectivity index (χ1) is 10.0. The number of halogens is 1. The molecule has 1 aromatic rings. The van der Waals surface area contributed by atoms with Crippen LogP contribution in [-0.4, -0.2) is 18.5 Å². The van der Waals surface area contributed by atoms with Gasteiger partial charge in [0.25, 0.3) is 0 Å². The number of benzene rings is 1. The van der Waals surface area contributed by atoms with Crippen LogP contribution in [0, 0.1) is 11.8 Å². The quantitative estimate of drug-likeness (QED) is 0.731. The highest BCUT2D eigenvalue weighted by atomic mass is 79.9. The molecule has 0 aliphatic heterocycles. The fourth-order valence-electron chi connectivity index (χ4n) is 2.15. The second-order valence-electron chi connectivity index (χ2n) is 5.31. The minimum Gasteiger partial charge on any atom is -0.466 e. The van der Waals surface area contributed by atoms with Gasteiger partial charge in [0, 0.05) is 4.47 Å². The zero-order valence-corrected chi connectivity index (χ0v) is 13.8. The first-order valence-corrected chi connectivity index (χ1v) is 7.92. The summed E-state index contributed by atoms with van der Waals surface area (Å²) in [5, 5.41) is 0. The van der Waals surface area contributed by atoms with Crippen LogP contribution in [0.15, 0.2) is 28.7 Å². The molecule has 2 rings (SSSR count). The number of rotatable bonds is 6. The van der Waals surface area contributed by atoms with Gasteiger partial charge in [-0.2, -0.15) is 0 Å². The molecule has 0 bridgehead atoms. The summed E-state index contributed by atoms with van der Waals surface area (Å²) in [6.45, 7) is 4.09. The van der Waals surface area contributed by atoms with Crippen LogP contribution in [0.25, 0.3) is 0 Å². The molecule has 0 heterocycles. The van der Waals surface area contributed by atoms with Crippen LogP contribution in [-0.2, 0) is 19.1 Å². The largest absolute Gasteiger partial charge is 0.466 e. The summed E-state index contributed by atoms with van der Waals surface area (Å²) in [5.41, 5.74) is 0.799. The van der Waals surface area contributed by atoms with Gasteiger partial charge in [0.15, 0.2) is 0 Å². The number of esters is 2. The lowest BCUT2D eigenvalue weighted by Crippen LogP contribution is -2.18. The van der Waals surface area contributed by atoms with E-state index in [0.717, 1.165) is 16.5 Å². The molecule has 1 fully saturated rings. The second-order valence-corrected chi connectivity index (χ2v) is 6.22. The van der Waals surface area contributed by atoms with Gasteiger partial charge in [-0.3, -0.25) is 9.59 Å². The number of ether oxygens (including phenoxy) is 2. The number of hydrogen-bond donors (Lipinski definition) is 0. The Labute approximate surface area is 132 Å². The lowest BCUT2D eigenvalue weighted by molar-refractivity contribution is -0.156. The Morgan fingerprint density at radius 2 is 1.95 bits per heavy atom. The molecule has 0 radical (unpaired) electrons. The molecule has 1 saturated carbocycles. The van der Waals surface area contributed by atoms with E-state index < -0.39 is 6.10 Å². The molecule has 1 aromatic carbocycles. The Kier molecular flexibility index (Phi) is 5.39. The molecular formula is C16H19BrO4. The molecule has 0 spiro atoms. The Hall–Kier alpha value is -1.36. The molecule has 0 unspecified atom stereocenters. The van der Waals surface area contributed by atoms with Gasteiger partial charge in [-0.25, -0.2) is 0 Å². The molecule has 0 aromatic heterocycles. The zero-order valence-electron chi connectivity index (χ0n) is 12.2. The number of carbonyl (C=O) groups excluding carboxylic acids is 2. The third-order valence-corrected chi connectivity index (χ3v) is 4.10. The first-order valence-electron chi connectivity index (χ1n) is 7.12. The monoisotopic (exact) mass is 354 g/mol. The lowest BCUT2D eigenvalue weighted by Gasteiger charge is -2.18. The third kappa shape index (κ3) is 4.56. The van der Waals surface area contributed by atoms with Gasteiger partial charge < -0.3 is 9.47 Å². The van der Waals surface area contributed by atoms with E-state index in [1.807, 2.05) is 31.2 Å². The van der Waals surface area contributed by atoms with Crippen molar-refractivity contribution >= 4 is 27.9 Å². The molecule has 0 N–H and O–H groups in total. The molecule has 21 heavy (non-hydrogen) atoms. The summed E-state index contributed by atoms with van der Waals surface area (Å²) in [5.74, 6) is -0.224. The average Bonchev–Trinajstić information content (AvgIpc) is 3.16. The highest BCUT2D eigenvalue weighted by Crippen LogP contribution is 2.40. The molecule has 1 aliphatic rings. The van der Waals surface area contributed by atoms with Gasteiger partial charge in [-0.1, -0.05) is 35.0 Å².